The minimum atomic E-state index is -4.21. The van der Waals surface area contributed by atoms with E-state index in [9.17, 15) is 21.6 Å². The summed E-state index contributed by atoms with van der Waals surface area (Å²) in [6, 6.07) is 10.8. The predicted molar refractivity (Wildman–Crippen MR) is 106 cm³/mol. The molecule has 0 radical (unpaired) electrons. The molecule has 1 aliphatic heterocycles. The van der Waals surface area contributed by atoms with Gasteiger partial charge in [0.15, 0.2) is 11.6 Å². The van der Waals surface area contributed by atoms with Gasteiger partial charge >= 0.3 is 0 Å². The van der Waals surface area contributed by atoms with E-state index in [1.54, 1.807) is 0 Å². The molecule has 0 spiro atoms. The van der Waals surface area contributed by atoms with Crippen molar-refractivity contribution in [2.75, 3.05) is 25.0 Å². The summed E-state index contributed by atoms with van der Waals surface area (Å²) in [5.41, 5.74) is 0.708. The zero-order chi connectivity index (χ0) is 21.0. The van der Waals surface area contributed by atoms with E-state index in [0.29, 0.717) is 51.0 Å². The number of nitrogens with one attached hydrogen (secondary N) is 1. The number of halogens is 3. The van der Waals surface area contributed by atoms with Crippen molar-refractivity contribution in [1.82, 2.24) is 4.90 Å². The van der Waals surface area contributed by atoms with Crippen LogP contribution in [0.3, 0.4) is 0 Å². The number of primary sulfonamides is 1. The SMILES string of the molecule is NS(=O)(=O)c1cc(F)c(N[C@@H](CCc2ccccc2)CCN2CC(F)C2)c(F)c1. The standard InChI is InChI=1S/C20H24F3N3O2S/c21-15-12-26(13-15)9-8-16(7-6-14-4-2-1-3-5-14)25-20-18(22)10-17(11-19(20)23)29(24,27)28/h1-5,10-11,15-16,25H,6-9,12-13H2,(H2,24,27,28)/t16-/m0/s1. The lowest BCUT2D eigenvalue weighted by atomic mass is 10.0. The van der Waals surface area contributed by atoms with Crippen LogP contribution in [0, 0.1) is 11.6 Å². The van der Waals surface area contributed by atoms with E-state index < -0.39 is 32.7 Å². The second-order valence-corrected chi connectivity index (χ2v) is 8.88. The lowest BCUT2D eigenvalue weighted by Gasteiger charge is -2.35. The molecule has 0 saturated carbocycles. The van der Waals surface area contributed by atoms with E-state index >= 15 is 0 Å². The molecule has 0 bridgehead atoms. The monoisotopic (exact) mass is 427 g/mol. The van der Waals surface area contributed by atoms with Crippen molar-refractivity contribution in [2.24, 2.45) is 5.14 Å². The summed E-state index contributed by atoms with van der Waals surface area (Å²) >= 11 is 0. The van der Waals surface area contributed by atoms with Crippen molar-refractivity contribution in [1.29, 1.82) is 0 Å². The second kappa shape index (κ2) is 9.15. The largest absolute Gasteiger partial charge is 0.378 e. The van der Waals surface area contributed by atoms with Crippen LogP contribution >= 0.6 is 0 Å². The van der Waals surface area contributed by atoms with Crippen LogP contribution in [-0.4, -0.2) is 45.2 Å². The zero-order valence-electron chi connectivity index (χ0n) is 15.8. The van der Waals surface area contributed by atoms with Gasteiger partial charge in [-0.1, -0.05) is 30.3 Å². The van der Waals surface area contributed by atoms with Gasteiger partial charge in [-0.25, -0.2) is 26.7 Å². The average Bonchev–Trinajstić information content (AvgIpc) is 2.64. The van der Waals surface area contributed by atoms with Gasteiger partial charge in [-0.2, -0.15) is 0 Å². The maximum Gasteiger partial charge on any atom is 0.238 e. The Morgan fingerprint density at radius 3 is 2.28 bits per heavy atom. The highest BCUT2D eigenvalue weighted by molar-refractivity contribution is 7.89. The minimum absolute atomic E-state index is 0.279. The van der Waals surface area contributed by atoms with E-state index in [0.717, 1.165) is 5.56 Å². The van der Waals surface area contributed by atoms with Gasteiger partial charge in [0.05, 0.1) is 4.90 Å². The number of sulfonamides is 1. The number of likely N-dealkylation sites (tertiary alicyclic amines) is 1. The van der Waals surface area contributed by atoms with E-state index in [1.807, 2.05) is 35.2 Å². The number of benzene rings is 2. The molecule has 1 saturated heterocycles. The molecule has 9 heteroatoms. The van der Waals surface area contributed by atoms with Crippen molar-refractivity contribution in [2.45, 2.75) is 36.4 Å². The molecule has 0 aliphatic carbocycles. The van der Waals surface area contributed by atoms with Gasteiger partial charge in [0.1, 0.15) is 11.9 Å². The van der Waals surface area contributed by atoms with Crippen molar-refractivity contribution >= 4 is 15.7 Å². The van der Waals surface area contributed by atoms with Crippen LogP contribution in [-0.2, 0) is 16.4 Å². The zero-order valence-corrected chi connectivity index (χ0v) is 16.6. The molecule has 0 aromatic heterocycles. The van der Waals surface area contributed by atoms with Gasteiger partial charge in [0.2, 0.25) is 10.0 Å². The van der Waals surface area contributed by atoms with Crippen LogP contribution in [0.25, 0.3) is 0 Å². The first-order valence-electron chi connectivity index (χ1n) is 9.41. The van der Waals surface area contributed by atoms with Gasteiger partial charge < -0.3 is 5.32 Å². The Hall–Kier alpha value is -2.10. The smallest absolute Gasteiger partial charge is 0.238 e. The molecule has 29 heavy (non-hydrogen) atoms. The van der Waals surface area contributed by atoms with Crippen LogP contribution < -0.4 is 10.5 Å². The first-order valence-corrected chi connectivity index (χ1v) is 11.0. The Balaban J connectivity index is 1.72. The van der Waals surface area contributed by atoms with Gasteiger partial charge in [0.25, 0.3) is 0 Å². The second-order valence-electron chi connectivity index (χ2n) is 7.32. The van der Waals surface area contributed by atoms with Crippen LogP contribution in [0.15, 0.2) is 47.4 Å². The highest BCUT2D eigenvalue weighted by atomic mass is 32.2. The maximum absolute atomic E-state index is 14.4. The lowest BCUT2D eigenvalue weighted by molar-refractivity contribution is 0.0635. The van der Waals surface area contributed by atoms with Crippen molar-refractivity contribution < 1.29 is 21.6 Å². The lowest BCUT2D eigenvalue weighted by Crippen LogP contribution is -2.49. The van der Waals surface area contributed by atoms with Crippen molar-refractivity contribution in [3.63, 3.8) is 0 Å². The number of rotatable bonds is 9. The molecule has 1 heterocycles. The molecular formula is C20H24F3N3O2S. The summed E-state index contributed by atoms with van der Waals surface area (Å²) in [7, 11) is -4.21. The summed E-state index contributed by atoms with van der Waals surface area (Å²) in [5.74, 6) is -2.04. The van der Waals surface area contributed by atoms with Crippen LogP contribution in [0.1, 0.15) is 18.4 Å². The quantitative estimate of drug-likeness (QED) is 0.645. The minimum Gasteiger partial charge on any atom is -0.378 e. The highest BCUT2D eigenvalue weighted by Gasteiger charge is 2.27. The normalized spacial score (nSPS) is 16.4. The van der Waals surface area contributed by atoms with Crippen LogP contribution in [0.5, 0.6) is 0 Å². The first-order chi connectivity index (χ1) is 13.7. The van der Waals surface area contributed by atoms with Gasteiger partial charge in [0, 0.05) is 25.7 Å². The average molecular weight is 427 g/mol. The number of anilines is 1. The Morgan fingerprint density at radius 2 is 1.72 bits per heavy atom. The maximum atomic E-state index is 14.4. The number of nitrogens with zero attached hydrogens (tertiary/aromatic N) is 1. The van der Waals surface area contributed by atoms with E-state index in [2.05, 4.69) is 5.32 Å². The Morgan fingerprint density at radius 1 is 1.10 bits per heavy atom. The molecule has 3 rings (SSSR count). The molecule has 1 atom stereocenters. The summed E-state index contributed by atoms with van der Waals surface area (Å²) in [4.78, 5) is 1.33. The van der Waals surface area contributed by atoms with Crippen molar-refractivity contribution in [3.05, 3.63) is 59.7 Å². The van der Waals surface area contributed by atoms with Crippen molar-refractivity contribution in [3.8, 4) is 0 Å². The molecule has 2 aromatic carbocycles. The fraction of sp³-hybridized carbons (Fsp3) is 0.400. The first kappa shape index (κ1) is 21.6. The van der Waals surface area contributed by atoms with Gasteiger partial charge in [-0.05, 0) is 37.0 Å². The molecule has 158 valence electrons. The topological polar surface area (TPSA) is 75.4 Å². The molecule has 3 N–H and O–H groups in total. The molecule has 0 unspecified atom stereocenters. The number of nitrogens with two attached hydrogens (primary N) is 1. The third-order valence-corrected chi connectivity index (χ3v) is 5.92. The molecular weight excluding hydrogens is 403 g/mol. The fourth-order valence-electron chi connectivity index (χ4n) is 3.36. The molecule has 1 fully saturated rings. The summed E-state index contributed by atoms with van der Waals surface area (Å²) < 4.78 is 64.6. The van der Waals surface area contributed by atoms with E-state index in [4.69, 9.17) is 5.14 Å². The number of hydrogen-bond acceptors (Lipinski definition) is 4. The highest BCUT2D eigenvalue weighted by Crippen LogP contribution is 2.25. The Bertz CT molecular complexity index is 912. The molecule has 0 amide bonds. The summed E-state index contributed by atoms with van der Waals surface area (Å²) in [5, 5.41) is 7.83. The van der Waals surface area contributed by atoms with Crippen LogP contribution in [0.2, 0.25) is 0 Å². The van der Waals surface area contributed by atoms with Gasteiger partial charge in [-0.15, -0.1) is 0 Å². The number of alkyl halides is 1. The number of aryl methyl sites for hydroxylation is 1. The summed E-state index contributed by atoms with van der Waals surface area (Å²) in [6.45, 7) is 1.35. The predicted octanol–water partition coefficient (Wildman–Crippen LogP) is 3.07. The molecule has 2 aromatic rings. The summed E-state index contributed by atoms with van der Waals surface area (Å²) in [6.07, 6.45) is 1.05. The van der Waals surface area contributed by atoms with E-state index in [-0.39, 0.29) is 11.7 Å². The fourth-order valence-corrected chi connectivity index (χ4v) is 3.89. The third-order valence-electron chi connectivity index (χ3n) is 5.02. The Labute approximate surface area is 168 Å². The number of hydrogen-bond donors (Lipinski definition) is 2. The van der Waals surface area contributed by atoms with Gasteiger partial charge in [-0.3, -0.25) is 4.90 Å². The Kier molecular flexibility index (Phi) is 6.81. The van der Waals surface area contributed by atoms with Crippen LogP contribution in [0.4, 0.5) is 18.9 Å². The van der Waals surface area contributed by atoms with E-state index in [1.165, 1.54) is 0 Å². The molecule has 1 aliphatic rings. The third kappa shape index (κ3) is 5.94. The molecule has 5 nitrogen and oxygen atoms in total.